The first kappa shape index (κ1) is 14.3. The van der Waals surface area contributed by atoms with Crippen molar-refractivity contribution >= 4 is 15.9 Å². The zero-order valence-corrected chi connectivity index (χ0v) is 12.4. The second-order valence-corrected chi connectivity index (χ2v) is 5.32. The van der Waals surface area contributed by atoms with Crippen molar-refractivity contribution in [2.75, 3.05) is 6.54 Å². The van der Waals surface area contributed by atoms with E-state index in [-0.39, 0.29) is 11.9 Å². The van der Waals surface area contributed by atoms with Crippen molar-refractivity contribution in [3.05, 3.63) is 58.2 Å². The van der Waals surface area contributed by atoms with Gasteiger partial charge in [-0.1, -0.05) is 22.9 Å². The van der Waals surface area contributed by atoms with Gasteiger partial charge in [0.15, 0.2) is 0 Å². The maximum atomic E-state index is 13.3. The number of hydrogen-bond acceptors (Lipinski definition) is 2. The summed E-state index contributed by atoms with van der Waals surface area (Å²) in [5, 5.41) is 3.43. The lowest BCUT2D eigenvalue weighted by atomic mass is 10.0. The lowest BCUT2D eigenvalue weighted by molar-refractivity contribution is 0.410. The van der Waals surface area contributed by atoms with Crippen LogP contribution in [0, 0.1) is 5.82 Å². The van der Waals surface area contributed by atoms with Crippen LogP contribution < -0.4 is 5.32 Å². The lowest BCUT2D eigenvalue weighted by Gasteiger charge is -2.17. The van der Waals surface area contributed by atoms with Gasteiger partial charge in [-0.05, 0) is 55.3 Å². The summed E-state index contributed by atoms with van der Waals surface area (Å²) in [4.78, 5) is 0. The maximum absolute atomic E-state index is 13.3. The van der Waals surface area contributed by atoms with Gasteiger partial charge in [-0.15, -0.1) is 0 Å². The fourth-order valence-corrected chi connectivity index (χ4v) is 2.41. The predicted octanol–water partition coefficient (Wildman–Crippen LogP) is 4.46. The molecule has 0 radical (unpaired) electrons. The molecule has 4 heteroatoms. The molecule has 2 rings (SSSR count). The number of rotatable bonds is 6. The molecule has 0 fully saturated rings. The predicted molar refractivity (Wildman–Crippen MR) is 77.5 cm³/mol. The van der Waals surface area contributed by atoms with E-state index in [1.807, 2.05) is 12.1 Å². The van der Waals surface area contributed by atoms with E-state index >= 15 is 0 Å². The molecule has 1 atom stereocenters. The third kappa shape index (κ3) is 3.91. The first-order valence-corrected chi connectivity index (χ1v) is 7.20. The molecule has 19 heavy (non-hydrogen) atoms. The molecule has 2 nitrogen and oxygen atoms in total. The summed E-state index contributed by atoms with van der Waals surface area (Å²) in [7, 11) is 0. The van der Waals surface area contributed by atoms with Gasteiger partial charge in [-0.25, -0.2) is 4.39 Å². The topological polar surface area (TPSA) is 25.2 Å². The molecule has 1 aromatic carbocycles. The van der Waals surface area contributed by atoms with Crippen LogP contribution >= 0.6 is 15.9 Å². The monoisotopic (exact) mass is 325 g/mol. The van der Waals surface area contributed by atoms with Crippen molar-refractivity contribution in [3.8, 4) is 0 Å². The minimum atomic E-state index is -0.216. The van der Waals surface area contributed by atoms with Crippen molar-refractivity contribution in [1.82, 2.24) is 5.32 Å². The molecule has 0 saturated carbocycles. The first-order chi connectivity index (χ1) is 9.20. The Hall–Kier alpha value is -1.13. The van der Waals surface area contributed by atoms with Crippen molar-refractivity contribution < 1.29 is 8.81 Å². The van der Waals surface area contributed by atoms with Crippen LogP contribution in [0.15, 0.2) is 45.5 Å². The van der Waals surface area contributed by atoms with Gasteiger partial charge < -0.3 is 9.73 Å². The highest BCUT2D eigenvalue weighted by molar-refractivity contribution is 9.10. The average Bonchev–Trinajstić information content (AvgIpc) is 2.92. The maximum Gasteiger partial charge on any atom is 0.123 e. The molecule has 0 bridgehead atoms. The van der Waals surface area contributed by atoms with E-state index in [1.165, 1.54) is 6.07 Å². The van der Waals surface area contributed by atoms with Gasteiger partial charge in [-0.2, -0.15) is 0 Å². The molecular formula is C15H17BrFNO. The summed E-state index contributed by atoms with van der Waals surface area (Å²) < 4.78 is 19.7. The second kappa shape index (κ2) is 6.87. The average molecular weight is 326 g/mol. The third-order valence-electron chi connectivity index (χ3n) is 2.96. The smallest absolute Gasteiger partial charge is 0.123 e. The lowest BCUT2D eigenvalue weighted by Crippen LogP contribution is -2.23. The Labute approximate surface area is 121 Å². The molecule has 0 aliphatic carbocycles. The molecule has 1 aromatic heterocycles. The summed E-state index contributed by atoms with van der Waals surface area (Å²) in [6, 6.07) is 8.64. The van der Waals surface area contributed by atoms with Gasteiger partial charge >= 0.3 is 0 Å². The fraction of sp³-hybridized carbons (Fsp3) is 0.333. The SMILES string of the molecule is CCCNC(Cc1cc(F)ccc1Br)c1ccco1. The molecule has 0 aliphatic heterocycles. The molecule has 1 N–H and O–H groups in total. The van der Waals surface area contributed by atoms with Gasteiger partial charge in [0.2, 0.25) is 0 Å². The molecule has 0 spiro atoms. The zero-order valence-electron chi connectivity index (χ0n) is 10.8. The Balaban J connectivity index is 2.17. The quantitative estimate of drug-likeness (QED) is 0.847. The molecule has 0 saturated heterocycles. The van der Waals surface area contributed by atoms with Crippen LogP contribution in [0.2, 0.25) is 0 Å². The van der Waals surface area contributed by atoms with Gasteiger partial charge in [-0.3, -0.25) is 0 Å². The van der Waals surface area contributed by atoms with Crippen molar-refractivity contribution in [2.45, 2.75) is 25.8 Å². The number of benzene rings is 1. The minimum Gasteiger partial charge on any atom is -0.468 e. The standard InChI is InChI=1S/C15H17BrFNO/c1-2-7-18-14(15-4-3-8-19-15)10-11-9-12(17)5-6-13(11)16/h3-6,8-9,14,18H,2,7,10H2,1H3. The van der Waals surface area contributed by atoms with Crippen LogP contribution in [0.3, 0.4) is 0 Å². The number of hydrogen-bond donors (Lipinski definition) is 1. The molecule has 1 unspecified atom stereocenters. The minimum absolute atomic E-state index is 0.0630. The van der Waals surface area contributed by atoms with E-state index in [1.54, 1.807) is 18.4 Å². The normalized spacial score (nSPS) is 12.6. The summed E-state index contributed by atoms with van der Waals surface area (Å²) >= 11 is 3.47. The van der Waals surface area contributed by atoms with Crippen LogP contribution in [-0.2, 0) is 6.42 Å². The zero-order chi connectivity index (χ0) is 13.7. The Morgan fingerprint density at radius 3 is 2.89 bits per heavy atom. The van der Waals surface area contributed by atoms with Crippen molar-refractivity contribution in [3.63, 3.8) is 0 Å². The van der Waals surface area contributed by atoms with E-state index in [0.717, 1.165) is 28.8 Å². The molecule has 2 aromatic rings. The highest BCUT2D eigenvalue weighted by atomic mass is 79.9. The fourth-order valence-electron chi connectivity index (χ4n) is 2.00. The van der Waals surface area contributed by atoms with Crippen LogP contribution in [0.25, 0.3) is 0 Å². The molecule has 0 aliphatic rings. The number of furan rings is 1. The molecular weight excluding hydrogens is 309 g/mol. The van der Waals surface area contributed by atoms with Crippen LogP contribution in [-0.4, -0.2) is 6.54 Å². The van der Waals surface area contributed by atoms with Crippen molar-refractivity contribution in [2.24, 2.45) is 0 Å². The van der Waals surface area contributed by atoms with Crippen LogP contribution in [0.1, 0.15) is 30.7 Å². The largest absolute Gasteiger partial charge is 0.468 e. The van der Waals surface area contributed by atoms with Crippen molar-refractivity contribution in [1.29, 1.82) is 0 Å². The summed E-state index contributed by atoms with van der Waals surface area (Å²) in [6.45, 7) is 3.02. The van der Waals surface area contributed by atoms with E-state index < -0.39 is 0 Å². The van der Waals surface area contributed by atoms with E-state index in [2.05, 4.69) is 28.2 Å². The summed E-state index contributed by atoms with van der Waals surface area (Å²) in [6.07, 6.45) is 3.39. The van der Waals surface area contributed by atoms with E-state index in [4.69, 9.17) is 4.42 Å². The number of halogens is 2. The van der Waals surface area contributed by atoms with Gasteiger partial charge in [0.05, 0.1) is 12.3 Å². The Kier molecular flexibility index (Phi) is 5.16. The summed E-state index contributed by atoms with van der Waals surface area (Å²) in [5.74, 6) is 0.663. The molecule has 0 amide bonds. The van der Waals surface area contributed by atoms with Gasteiger partial charge in [0, 0.05) is 4.47 Å². The van der Waals surface area contributed by atoms with Gasteiger partial charge in [0.25, 0.3) is 0 Å². The highest BCUT2D eigenvalue weighted by Crippen LogP contribution is 2.25. The third-order valence-corrected chi connectivity index (χ3v) is 3.73. The Morgan fingerprint density at radius 2 is 2.21 bits per heavy atom. The first-order valence-electron chi connectivity index (χ1n) is 6.41. The van der Waals surface area contributed by atoms with Crippen LogP contribution in [0.5, 0.6) is 0 Å². The molecule has 102 valence electrons. The van der Waals surface area contributed by atoms with E-state index in [0.29, 0.717) is 6.42 Å². The molecule has 1 heterocycles. The second-order valence-electron chi connectivity index (χ2n) is 4.46. The highest BCUT2D eigenvalue weighted by Gasteiger charge is 2.16. The van der Waals surface area contributed by atoms with Crippen LogP contribution in [0.4, 0.5) is 4.39 Å². The van der Waals surface area contributed by atoms with Gasteiger partial charge in [0.1, 0.15) is 11.6 Å². The number of nitrogens with one attached hydrogen (secondary N) is 1. The van der Waals surface area contributed by atoms with E-state index in [9.17, 15) is 4.39 Å². The Morgan fingerprint density at radius 1 is 1.37 bits per heavy atom. The summed E-state index contributed by atoms with van der Waals surface area (Å²) in [5.41, 5.74) is 0.935. The Bertz CT molecular complexity index is 513.